The summed E-state index contributed by atoms with van der Waals surface area (Å²) in [4.78, 5) is 13.5. The second-order valence-electron chi connectivity index (χ2n) is 3.82. The van der Waals surface area contributed by atoms with Gasteiger partial charge in [0.25, 0.3) is 0 Å². The highest BCUT2D eigenvalue weighted by Gasteiger charge is 2.30. The van der Waals surface area contributed by atoms with Gasteiger partial charge in [-0.1, -0.05) is 13.3 Å². The predicted molar refractivity (Wildman–Crippen MR) is 51.4 cm³/mol. The van der Waals surface area contributed by atoms with Gasteiger partial charge >= 0.3 is 5.97 Å². The van der Waals surface area contributed by atoms with Crippen molar-refractivity contribution in [3.63, 3.8) is 0 Å². The smallest absolute Gasteiger partial charge is 0.323 e. The van der Waals surface area contributed by atoms with Crippen molar-refractivity contribution in [2.24, 2.45) is 5.92 Å². The van der Waals surface area contributed by atoms with Crippen LogP contribution in [0.2, 0.25) is 0 Å². The molecule has 13 heavy (non-hydrogen) atoms. The molecule has 0 N–H and O–H groups in total. The van der Waals surface area contributed by atoms with E-state index in [4.69, 9.17) is 4.74 Å². The van der Waals surface area contributed by atoms with E-state index < -0.39 is 0 Å². The monoisotopic (exact) mass is 185 g/mol. The summed E-state index contributed by atoms with van der Waals surface area (Å²) in [6.07, 6.45) is 3.33. The van der Waals surface area contributed by atoms with Gasteiger partial charge in [-0.15, -0.1) is 0 Å². The zero-order chi connectivity index (χ0) is 9.84. The molecule has 1 heterocycles. The highest BCUT2D eigenvalue weighted by molar-refractivity contribution is 5.75. The Hall–Kier alpha value is -0.570. The number of likely N-dealkylation sites (tertiary alicyclic amines) is 1. The fourth-order valence-corrected chi connectivity index (χ4v) is 1.94. The van der Waals surface area contributed by atoms with Crippen LogP contribution in [-0.4, -0.2) is 37.6 Å². The molecule has 0 saturated carbocycles. The van der Waals surface area contributed by atoms with Crippen molar-refractivity contribution >= 4 is 5.97 Å². The van der Waals surface area contributed by atoms with E-state index in [1.54, 1.807) is 0 Å². The Morgan fingerprint density at radius 2 is 2.31 bits per heavy atom. The molecule has 0 spiro atoms. The molecule has 0 aromatic heterocycles. The Morgan fingerprint density at radius 3 is 2.85 bits per heavy atom. The second-order valence-corrected chi connectivity index (χ2v) is 3.82. The topological polar surface area (TPSA) is 29.5 Å². The average molecular weight is 185 g/mol. The lowest BCUT2D eigenvalue weighted by atomic mass is 9.89. The van der Waals surface area contributed by atoms with Gasteiger partial charge < -0.3 is 4.74 Å². The minimum atomic E-state index is -0.0827. The Labute approximate surface area is 80.1 Å². The van der Waals surface area contributed by atoms with Crippen LogP contribution in [0.3, 0.4) is 0 Å². The highest BCUT2D eigenvalue weighted by atomic mass is 16.5. The fourth-order valence-electron chi connectivity index (χ4n) is 1.94. The molecule has 0 aromatic rings. The summed E-state index contributed by atoms with van der Waals surface area (Å²) < 4.78 is 4.77. The van der Waals surface area contributed by atoms with Crippen LogP contribution in [0.4, 0.5) is 0 Å². The predicted octanol–water partition coefficient (Wildman–Crippen LogP) is 1.28. The molecular weight excluding hydrogens is 166 g/mol. The summed E-state index contributed by atoms with van der Waals surface area (Å²) in [5, 5.41) is 0. The maximum Gasteiger partial charge on any atom is 0.323 e. The molecule has 1 saturated heterocycles. The fraction of sp³-hybridized carbons (Fsp3) is 0.900. The largest absolute Gasteiger partial charge is 0.468 e. The van der Waals surface area contributed by atoms with E-state index in [-0.39, 0.29) is 12.0 Å². The number of likely N-dealkylation sites (N-methyl/N-ethyl adjacent to an activating group) is 1. The summed E-state index contributed by atoms with van der Waals surface area (Å²) >= 11 is 0. The molecule has 2 unspecified atom stereocenters. The molecule has 0 amide bonds. The van der Waals surface area contributed by atoms with E-state index in [1.165, 1.54) is 20.0 Å². The van der Waals surface area contributed by atoms with Crippen LogP contribution in [-0.2, 0) is 9.53 Å². The number of hydrogen-bond donors (Lipinski definition) is 0. The first kappa shape index (κ1) is 10.5. The van der Waals surface area contributed by atoms with Crippen LogP contribution >= 0.6 is 0 Å². The van der Waals surface area contributed by atoms with Gasteiger partial charge in [-0.2, -0.15) is 0 Å². The van der Waals surface area contributed by atoms with Crippen molar-refractivity contribution in [3.8, 4) is 0 Å². The summed E-state index contributed by atoms with van der Waals surface area (Å²) in [6, 6.07) is -0.0105. The van der Waals surface area contributed by atoms with E-state index in [9.17, 15) is 4.79 Å². The van der Waals surface area contributed by atoms with Gasteiger partial charge in [-0.3, -0.25) is 9.69 Å². The molecule has 76 valence electrons. The molecule has 1 rings (SSSR count). The molecule has 1 aliphatic rings. The van der Waals surface area contributed by atoms with Gasteiger partial charge in [-0.05, 0) is 32.4 Å². The van der Waals surface area contributed by atoms with E-state index in [2.05, 4.69) is 11.8 Å². The van der Waals surface area contributed by atoms with Crippen molar-refractivity contribution in [2.45, 2.75) is 32.2 Å². The van der Waals surface area contributed by atoms with Gasteiger partial charge in [0.2, 0.25) is 0 Å². The van der Waals surface area contributed by atoms with Crippen molar-refractivity contribution in [1.82, 2.24) is 4.90 Å². The average Bonchev–Trinajstić information content (AvgIpc) is 2.17. The second kappa shape index (κ2) is 4.61. The number of rotatable bonds is 2. The first-order valence-electron chi connectivity index (χ1n) is 4.97. The van der Waals surface area contributed by atoms with Gasteiger partial charge in [0.1, 0.15) is 6.04 Å². The Morgan fingerprint density at radius 1 is 1.62 bits per heavy atom. The zero-order valence-electron chi connectivity index (χ0n) is 8.75. The zero-order valence-corrected chi connectivity index (χ0v) is 8.75. The molecule has 0 aliphatic carbocycles. The lowest BCUT2D eigenvalue weighted by molar-refractivity contribution is -0.148. The normalized spacial score (nSPS) is 30.1. The molecule has 2 atom stereocenters. The highest BCUT2D eigenvalue weighted by Crippen LogP contribution is 2.24. The van der Waals surface area contributed by atoms with E-state index in [0.717, 1.165) is 13.0 Å². The number of nitrogens with zero attached hydrogens (tertiary/aromatic N) is 1. The number of carbonyl (C=O) groups excluding carboxylic acids is 1. The van der Waals surface area contributed by atoms with Gasteiger partial charge in [0.15, 0.2) is 0 Å². The lowest BCUT2D eigenvalue weighted by Crippen LogP contribution is -2.45. The van der Waals surface area contributed by atoms with Crippen LogP contribution in [0, 0.1) is 5.92 Å². The van der Waals surface area contributed by atoms with Gasteiger partial charge in [-0.25, -0.2) is 0 Å². The number of hydrogen-bond acceptors (Lipinski definition) is 3. The van der Waals surface area contributed by atoms with E-state index in [0.29, 0.717) is 5.92 Å². The Kier molecular flexibility index (Phi) is 3.72. The van der Waals surface area contributed by atoms with Crippen LogP contribution in [0.15, 0.2) is 0 Å². The Bertz CT molecular complexity index is 182. The van der Waals surface area contributed by atoms with Crippen LogP contribution in [0.5, 0.6) is 0 Å². The third-order valence-electron chi connectivity index (χ3n) is 3.03. The van der Waals surface area contributed by atoms with E-state index in [1.807, 2.05) is 7.05 Å². The van der Waals surface area contributed by atoms with Crippen molar-refractivity contribution in [3.05, 3.63) is 0 Å². The summed E-state index contributed by atoms with van der Waals surface area (Å²) in [6.45, 7) is 3.20. The number of carbonyl (C=O) groups is 1. The van der Waals surface area contributed by atoms with Gasteiger partial charge in [0, 0.05) is 0 Å². The molecule has 1 fully saturated rings. The number of esters is 1. The third-order valence-corrected chi connectivity index (χ3v) is 3.03. The van der Waals surface area contributed by atoms with Crippen molar-refractivity contribution in [1.29, 1.82) is 0 Å². The summed E-state index contributed by atoms with van der Waals surface area (Å²) in [5.74, 6) is 0.612. The van der Waals surface area contributed by atoms with Crippen LogP contribution in [0.1, 0.15) is 26.2 Å². The van der Waals surface area contributed by atoms with Crippen LogP contribution in [0.25, 0.3) is 0 Å². The summed E-state index contributed by atoms with van der Waals surface area (Å²) in [7, 11) is 3.46. The standard InChI is InChI=1S/C10H19NO2/c1-4-8-5-6-11(2)9(7-8)10(12)13-3/h8-9H,4-7H2,1-3H3. The quantitative estimate of drug-likeness (QED) is 0.607. The third kappa shape index (κ3) is 2.44. The first-order chi connectivity index (χ1) is 6.19. The molecule has 0 bridgehead atoms. The van der Waals surface area contributed by atoms with Crippen molar-refractivity contribution in [2.75, 3.05) is 20.7 Å². The van der Waals surface area contributed by atoms with Crippen LogP contribution < -0.4 is 0 Å². The summed E-state index contributed by atoms with van der Waals surface area (Å²) in [5.41, 5.74) is 0. The SMILES string of the molecule is CCC1CCN(C)C(C(=O)OC)C1. The Balaban J connectivity index is 2.54. The molecule has 3 heteroatoms. The minimum Gasteiger partial charge on any atom is -0.468 e. The van der Waals surface area contributed by atoms with E-state index >= 15 is 0 Å². The maximum absolute atomic E-state index is 11.4. The number of piperidine rings is 1. The number of methoxy groups -OCH3 is 1. The first-order valence-corrected chi connectivity index (χ1v) is 4.97. The molecule has 3 nitrogen and oxygen atoms in total. The molecule has 0 aromatic carbocycles. The number of ether oxygens (including phenoxy) is 1. The minimum absolute atomic E-state index is 0.0105. The van der Waals surface area contributed by atoms with Gasteiger partial charge in [0.05, 0.1) is 7.11 Å². The maximum atomic E-state index is 11.4. The lowest BCUT2D eigenvalue weighted by Gasteiger charge is -2.34. The molecule has 1 aliphatic heterocycles. The molecule has 0 radical (unpaired) electrons. The van der Waals surface area contributed by atoms with Crippen molar-refractivity contribution < 1.29 is 9.53 Å². The molecular formula is C10H19NO2.